The second kappa shape index (κ2) is 10.6. The van der Waals surface area contributed by atoms with E-state index in [2.05, 4.69) is 0 Å². The van der Waals surface area contributed by atoms with Crippen LogP contribution < -0.4 is 9.47 Å². The fourth-order valence-corrected chi connectivity index (χ4v) is 4.05. The molecule has 1 aromatic rings. The molecule has 1 amide bonds. The first-order valence-electron chi connectivity index (χ1n) is 9.14. The predicted molar refractivity (Wildman–Crippen MR) is 112 cm³/mol. The van der Waals surface area contributed by atoms with E-state index in [9.17, 15) is 9.59 Å². The predicted octanol–water partition coefficient (Wildman–Crippen LogP) is 3.66. The van der Waals surface area contributed by atoms with Crippen LogP contribution in [0.1, 0.15) is 26.3 Å². The Balaban J connectivity index is 2.18. The third-order valence-electron chi connectivity index (χ3n) is 3.99. The Bertz CT molecular complexity index is 738. The van der Waals surface area contributed by atoms with Crippen LogP contribution in [0.5, 0.6) is 11.5 Å². The smallest absolute Gasteiger partial charge is 0.329 e. The highest BCUT2D eigenvalue weighted by molar-refractivity contribution is 7.99. The highest BCUT2D eigenvalue weighted by atomic mass is 35.5. The van der Waals surface area contributed by atoms with Gasteiger partial charge in [-0.25, -0.2) is 4.79 Å². The molecule has 0 aromatic heterocycles. The molecule has 154 valence electrons. The summed E-state index contributed by atoms with van der Waals surface area (Å²) in [7, 11) is 1.53. The molecule has 1 aromatic carbocycles. The van der Waals surface area contributed by atoms with Crippen molar-refractivity contribution in [1.29, 1.82) is 0 Å². The fraction of sp³-hybridized carbons (Fsp3) is 0.500. The maximum absolute atomic E-state index is 12.7. The van der Waals surface area contributed by atoms with E-state index in [1.165, 1.54) is 13.2 Å². The van der Waals surface area contributed by atoms with Gasteiger partial charge in [0.1, 0.15) is 6.04 Å². The van der Waals surface area contributed by atoms with Crippen molar-refractivity contribution in [2.24, 2.45) is 0 Å². The van der Waals surface area contributed by atoms with Crippen molar-refractivity contribution in [1.82, 2.24) is 4.90 Å². The molecule has 1 atom stereocenters. The first kappa shape index (κ1) is 22.4. The largest absolute Gasteiger partial charge is 0.493 e. The van der Waals surface area contributed by atoms with Crippen LogP contribution in [0.3, 0.4) is 0 Å². The molecule has 1 unspecified atom stereocenters. The van der Waals surface area contributed by atoms with E-state index in [-0.39, 0.29) is 18.0 Å². The Hall–Kier alpha value is -1.86. The van der Waals surface area contributed by atoms with Crippen LogP contribution in [0.15, 0.2) is 18.2 Å². The summed E-state index contributed by atoms with van der Waals surface area (Å²) in [5, 5.41) is 0.402. The first-order valence-corrected chi connectivity index (χ1v) is 10.7. The zero-order valence-corrected chi connectivity index (χ0v) is 18.1. The van der Waals surface area contributed by atoms with Gasteiger partial charge in [0.15, 0.2) is 11.5 Å². The Morgan fingerprint density at radius 3 is 2.79 bits per heavy atom. The van der Waals surface area contributed by atoms with Crippen LogP contribution in [0, 0.1) is 0 Å². The van der Waals surface area contributed by atoms with Crippen LogP contribution in [-0.2, 0) is 14.3 Å². The van der Waals surface area contributed by atoms with Crippen LogP contribution in [0.25, 0.3) is 6.08 Å². The average molecular weight is 428 g/mol. The number of amides is 1. The van der Waals surface area contributed by atoms with Gasteiger partial charge in [-0.15, -0.1) is 0 Å². The summed E-state index contributed by atoms with van der Waals surface area (Å²) in [4.78, 5) is 26.4. The van der Waals surface area contributed by atoms with Crippen LogP contribution in [-0.4, -0.2) is 60.7 Å². The van der Waals surface area contributed by atoms with E-state index < -0.39 is 6.04 Å². The minimum atomic E-state index is -0.559. The van der Waals surface area contributed by atoms with E-state index in [0.29, 0.717) is 41.0 Å². The fourth-order valence-electron chi connectivity index (χ4n) is 2.75. The molecule has 0 radical (unpaired) electrons. The molecular formula is C20H26ClNO5S. The molecule has 1 heterocycles. The minimum absolute atomic E-state index is 0.0499. The molecule has 0 aliphatic carbocycles. The van der Waals surface area contributed by atoms with Crippen LogP contribution in [0.4, 0.5) is 0 Å². The van der Waals surface area contributed by atoms with Gasteiger partial charge in [-0.05, 0) is 44.5 Å². The molecule has 0 bridgehead atoms. The van der Waals surface area contributed by atoms with Gasteiger partial charge in [-0.3, -0.25) is 4.79 Å². The first-order chi connectivity index (χ1) is 13.4. The van der Waals surface area contributed by atoms with E-state index in [1.54, 1.807) is 41.8 Å². The lowest BCUT2D eigenvalue weighted by Crippen LogP contribution is -2.50. The number of hydrogen-bond donors (Lipinski definition) is 0. The molecule has 8 heteroatoms. The van der Waals surface area contributed by atoms with Gasteiger partial charge in [-0.1, -0.05) is 11.6 Å². The van der Waals surface area contributed by atoms with Gasteiger partial charge in [0.25, 0.3) is 0 Å². The Kier molecular flexibility index (Phi) is 8.51. The molecule has 1 saturated heterocycles. The van der Waals surface area contributed by atoms with Gasteiger partial charge in [-0.2, -0.15) is 11.8 Å². The van der Waals surface area contributed by atoms with Crippen molar-refractivity contribution in [2.45, 2.75) is 32.9 Å². The molecule has 2 rings (SSSR count). The van der Waals surface area contributed by atoms with Crippen LogP contribution >= 0.6 is 23.4 Å². The second-order valence-electron chi connectivity index (χ2n) is 6.41. The number of hydrogen-bond acceptors (Lipinski definition) is 6. The molecule has 0 N–H and O–H groups in total. The number of halogens is 1. The molecule has 28 heavy (non-hydrogen) atoms. The number of thioether (sulfide) groups is 1. The summed E-state index contributed by atoms with van der Waals surface area (Å²) in [5.74, 6) is 1.69. The lowest BCUT2D eigenvalue weighted by molar-refractivity contribution is -0.152. The van der Waals surface area contributed by atoms with Gasteiger partial charge >= 0.3 is 5.97 Å². The second-order valence-corrected chi connectivity index (χ2v) is 7.97. The Morgan fingerprint density at radius 2 is 2.14 bits per heavy atom. The molecule has 0 spiro atoms. The third kappa shape index (κ3) is 5.82. The molecule has 1 aliphatic heterocycles. The summed E-state index contributed by atoms with van der Waals surface area (Å²) in [6.07, 6.45) is 3.04. The highest BCUT2D eigenvalue weighted by Gasteiger charge is 2.32. The number of carbonyl (C=O) groups is 2. The van der Waals surface area contributed by atoms with Crippen molar-refractivity contribution in [3.63, 3.8) is 0 Å². The standard InChI is InChI=1S/C20H26ClNO5S/c1-5-26-20(24)16-12-28-9-8-22(16)18(23)7-6-14-10-15(21)19(27-13(2)3)17(11-14)25-4/h6-7,10-11,13,16H,5,8-9,12H2,1-4H3/b7-6+. The number of esters is 1. The highest BCUT2D eigenvalue weighted by Crippen LogP contribution is 2.37. The average Bonchev–Trinajstić information content (AvgIpc) is 2.67. The number of rotatable bonds is 7. The van der Waals surface area contributed by atoms with Gasteiger partial charge < -0.3 is 19.1 Å². The topological polar surface area (TPSA) is 65.1 Å². The van der Waals surface area contributed by atoms with Crippen molar-refractivity contribution in [2.75, 3.05) is 31.8 Å². The SMILES string of the molecule is CCOC(=O)C1CSCCN1C(=O)/C=C/c1cc(Cl)c(OC(C)C)c(OC)c1. The lowest BCUT2D eigenvalue weighted by Gasteiger charge is -2.32. The lowest BCUT2D eigenvalue weighted by atomic mass is 10.1. The molecular weight excluding hydrogens is 402 g/mol. The summed E-state index contributed by atoms with van der Waals surface area (Å²) < 4.78 is 16.2. The number of carbonyl (C=O) groups excluding carboxylic acids is 2. The van der Waals surface area contributed by atoms with Crippen molar-refractivity contribution in [3.8, 4) is 11.5 Å². The molecule has 1 aliphatic rings. The molecule has 0 saturated carbocycles. The van der Waals surface area contributed by atoms with E-state index in [1.807, 2.05) is 13.8 Å². The quantitative estimate of drug-likeness (QED) is 0.488. The normalized spacial score (nSPS) is 17.1. The van der Waals surface area contributed by atoms with Crippen LogP contribution in [0.2, 0.25) is 5.02 Å². The van der Waals surface area contributed by atoms with Gasteiger partial charge in [0, 0.05) is 24.1 Å². The minimum Gasteiger partial charge on any atom is -0.493 e. The number of ether oxygens (including phenoxy) is 3. The van der Waals surface area contributed by atoms with Gasteiger partial charge in [0.2, 0.25) is 5.91 Å². The Labute approximate surface area is 175 Å². The van der Waals surface area contributed by atoms with Gasteiger partial charge in [0.05, 0.1) is 24.8 Å². The zero-order chi connectivity index (χ0) is 20.7. The number of methoxy groups -OCH3 is 1. The van der Waals surface area contributed by atoms with E-state index in [4.69, 9.17) is 25.8 Å². The maximum atomic E-state index is 12.7. The van der Waals surface area contributed by atoms with E-state index in [0.717, 1.165) is 5.75 Å². The number of nitrogens with zero attached hydrogens (tertiary/aromatic N) is 1. The summed E-state index contributed by atoms with van der Waals surface area (Å²) in [6.45, 7) is 6.35. The maximum Gasteiger partial charge on any atom is 0.329 e. The van der Waals surface area contributed by atoms with Crippen molar-refractivity contribution >= 4 is 41.3 Å². The number of benzene rings is 1. The molecule has 1 fully saturated rings. The third-order valence-corrected chi connectivity index (χ3v) is 5.30. The van der Waals surface area contributed by atoms with Crippen molar-refractivity contribution in [3.05, 3.63) is 28.8 Å². The van der Waals surface area contributed by atoms with E-state index >= 15 is 0 Å². The van der Waals surface area contributed by atoms with Crippen molar-refractivity contribution < 1.29 is 23.8 Å². The monoisotopic (exact) mass is 427 g/mol. The molecule has 6 nitrogen and oxygen atoms in total. The summed E-state index contributed by atoms with van der Waals surface area (Å²) in [6, 6.07) is 2.90. The summed E-state index contributed by atoms with van der Waals surface area (Å²) in [5.41, 5.74) is 0.699. The zero-order valence-electron chi connectivity index (χ0n) is 16.6. The summed E-state index contributed by atoms with van der Waals surface area (Å²) >= 11 is 7.96. The Morgan fingerprint density at radius 1 is 1.39 bits per heavy atom.